The van der Waals surface area contributed by atoms with E-state index in [1.807, 2.05) is 0 Å². The van der Waals surface area contributed by atoms with Crippen molar-refractivity contribution in [3.05, 3.63) is 35.4 Å². The third kappa shape index (κ3) is 3.99. The highest BCUT2D eigenvalue weighted by molar-refractivity contribution is 5.86. The average molecular weight is 283 g/mol. The highest BCUT2D eigenvalue weighted by atomic mass is 19.1. The van der Waals surface area contributed by atoms with Crippen molar-refractivity contribution in [2.45, 2.75) is 12.5 Å². The fourth-order valence-electron chi connectivity index (χ4n) is 1.96. The quantitative estimate of drug-likeness (QED) is 0.711. The molecule has 20 heavy (non-hydrogen) atoms. The van der Waals surface area contributed by atoms with Crippen LogP contribution in [0.4, 0.5) is 8.78 Å². The summed E-state index contributed by atoms with van der Waals surface area (Å²) in [6.45, 7) is 0.611. The van der Waals surface area contributed by atoms with Crippen LogP contribution in [0.25, 0.3) is 0 Å². The Balaban J connectivity index is 1.77. The molecule has 2 amide bonds. The van der Waals surface area contributed by atoms with Gasteiger partial charge in [-0.25, -0.2) is 8.78 Å². The first-order valence-electron chi connectivity index (χ1n) is 6.27. The van der Waals surface area contributed by atoms with Gasteiger partial charge in [0.15, 0.2) is 0 Å². The van der Waals surface area contributed by atoms with Crippen molar-refractivity contribution in [2.75, 3.05) is 19.6 Å². The number of hydrogen-bond acceptors (Lipinski definition) is 3. The first-order valence-corrected chi connectivity index (χ1v) is 6.27. The summed E-state index contributed by atoms with van der Waals surface area (Å²) >= 11 is 0. The molecule has 1 aromatic rings. The Morgan fingerprint density at radius 1 is 1.30 bits per heavy atom. The molecule has 0 bridgehead atoms. The maximum atomic E-state index is 13.0. The Morgan fingerprint density at radius 2 is 2.00 bits per heavy atom. The molecule has 3 N–H and O–H groups in total. The zero-order valence-electron chi connectivity index (χ0n) is 10.7. The van der Waals surface area contributed by atoms with Crippen LogP contribution in [0.1, 0.15) is 5.56 Å². The summed E-state index contributed by atoms with van der Waals surface area (Å²) in [4.78, 5) is 22.7. The zero-order valence-corrected chi connectivity index (χ0v) is 10.7. The number of amides is 2. The summed E-state index contributed by atoms with van der Waals surface area (Å²) in [5.74, 6) is -1.67. The molecular formula is C13H15F2N3O2. The van der Waals surface area contributed by atoms with Crippen molar-refractivity contribution in [2.24, 2.45) is 0 Å². The lowest BCUT2D eigenvalue weighted by Crippen LogP contribution is -2.58. The van der Waals surface area contributed by atoms with Gasteiger partial charge >= 0.3 is 0 Å². The maximum absolute atomic E-state index is 13.0. The molecule has 1 aliphatic rings. The molecule has 1 saturated heterocycles. The van der Waals surface area contributed by atoms with E-state index < -0.39 is 17.7 Å². The molecular weight excluding hydrogens is 268 g/mol. The smallest absolute Gasteiger partial charge is 0.238 e. The van der Waals surface area contributed by atoms with Crippen molar-refractivity contribution in [1.82, 2.24) is 16.0 Å². The molecule has 1 atom stereocenters. The SMILES string of the molecule is O=C1CNC(C(=O)NCCc2cc(F)cc(F)c2)CN1. The van der Waals surface area contributed by atoms with Crippen molar-refractivity contribution in [3.8, 4) is 0 Å². The molecule has 1 heterocycles. The molecule has 0 saturated carbocycles. The monoisotopic (exact) mass is 283 g/mol. The fraction of sp³-hybridized carbons (Fsp3) is 0.385. The van der Waals surface area contributed by atoms with Crippen LogP contribution in [0.5, 0.6) is 0 Å². The summed E-state index contributed by atoms with van der Waals surface area (Å²) in [5.41, 5.74) is 0.479. The lowest BCUT2D eigenvalue weighted by Gasteiger charge is -2.23. The van der Waals surface area contributed by atoms with Crippen LogP contribution in [0.15, 0.2) is 18.2 Å². The number of rotatable bonds is 4. The molecule has 1 fully saturated rings. The number of carbonyl (C=O) groups excluding carboxylic acids is 2. The second kappa shape index (κ2) is 6.42. The first kappa shape index (κ1) is 14.4. The largest absolute Gasteiger partial charge is 0.354 e. The number of nitrogens with one attached hydrogen (secondary N) is 3. The van der Waals surface area contributed by atoms with Gasteiger partial charge in [0.2, 0.25) is 11.8 Å². The Morgan fingerprint density at radius 3 is 2.60 bits per heavy atom. The molecule has 108 valence electrons. The average Bonchev–Trinajstić information content (AvgIpc) is 2.38. The Hall–Kier alpha value is -2.02. The zero-order chi connectivity index (χ0) is 14.5. The molecule has 1 aliphatic heterocycles. The van der Waals surface area contributed by atoms with Crippen LogP contribution < -0.4 is 16.0 Å². The summed E-state index contributed by atoms with van der Waals surface area (Å²) in [6, 6.07) is 2.79. The predicted octanol–water partition coefficient (Wildman–Crippen LogP) is -0.288. The first-order chi connectivity index (χ1) is 9.54. The van der Waals surface area contributed by atoms with Crippen LogP contribution in [-0.4, -0.2) is 37.5 Å². The summed E-state index contributed by atoms with van der Waals surface area (Å²) < 4.78 is 25.9. The Labute approximate surface area is 114 Å². The van der Waals surface area contributed by atoms with E-state index in [9.17, 15) is 18.4 Å². The Bertz CT molecular complexity index is 492. The summed E-state index contributed by atoms with van der Waals surface area (Å²) in [7, 11) is 0. The van der Waals surface area contributed by atoms with Crippen molar-refractivity contribution >= 4 is 11.8 Å². The summed E-state index contributed by atoms with van der Waals surface area (Å²) in [6.07, 6.45) is 0.333. The lowest BCUT2D eigenvalue weighted by molar-refractivity contribution is -0.126. The Kier molecular flexibility index (Phi) is 4.62. The molecule has 5 nitrogen and oxygen atoms in total. The molecule has 2 rings (SSSR count). The molecule has 0 aliphatic carbocycles. The van der Waals surface area contributed by atoms with E-state index in [-0.39, 0.29) is 31.4 Å². The molecule has 1 aromatic carbocycles. The normalized spacial score (nSPS) is 18.5. The second-order valence-corrected chi connectivity index (χ2v) is 4.56. The van der Waals surface area contributed by atoms with Crippen LogP contribution in [0.3, 0.4) is 0 Å². The van der Waals surface area contributed by atoms with E-state index >= 15 is 0 Å². The predicted molar refractivity (Wildman–Crippen MR) is 67.9 cm³/mol. The number of hydrogen-bond donors (Lipinski definition) is 3. The minimum Gasteiger partial charge on any atom is -0.354 e. The van der Waals surface area contributed by atoms with Gasteiger partial charge in [-0.3, -0.25) is 14.9 Å². The van der Waals surface area contributed by atoms with Gasteiger partial charge in [0.05, 0.1) is 6.54 Å². The van der Waals surface area contributed by atoms with Gasteiger partial charge in [-0.1, -0.05) is 0 Å². The highest BCUT2D eigenvalue weighted by Gasteiger charge is 2.23. The van der Waals surface area contributed by atoms with E-state index in [0.29, 0.717) is 12.0 Å². The van der Waals surface area contributed by atoms with E-state index in [0.717, 1.165) is 6.07 Å². The van der Waals surface area contributed by atoms with Gasteiger partial charge in [-0.15, -0.1) is 0 Å². The van der Waals surface area contributed by atoms with Gasteiger partial charge in [0.25, 0.3) is 0 Å². The van der Waals surface area contributed by atoms with E-state index in [4.69, 9.17) is 0 Å². The van der Waals surface area contributed by atoms with E-state index in [1.54, 1.807) is 0 Å². The third-order valence-corrected chi connectivity index (χ3v) is 2.96. The number of benzene rings is 1. The minimum absolute atomic E-state index is 0.104. The van der Waals surface area contributed by atoms with Crippen molar-refractivity contribution < 1.29 is 18.4 Å². The third-order valence-electron chi connectivity index (χ3n) is 2.96. The van der Waals surface area contributed by atoms with Crippen LogP contribution in [0.2, 0.25) is 0 Å². The minimum atomic E-state index is -0.636. The fourth-order valence-corrected chi connectivity index (χ4v) is 1.96. The van der Waals surface area contributed by atoms with Crippen molar-refractivity contribution in [3.63, 3.8) is 0 Å². The van der Waals surface area contributed by atoms with Gasteiger partial charge in [-0.05, 0) is 24.1 Å². The topological polar surface area (TPSA) is 70.2 Å². The van der Waals surface area contributed by atoms with Crippen LogP contribution in [0, 0.1) is 11.6 Å². The number of halogens is 2. The van der Waals surface area contributed by atoms with Gasteiger partial charge in [0.1, 0.15) is 17.7 Å². The van der Waals surface area contributed by atoms with Crippen LogP contribution >= 0.6 is 0 Å². The molecule has 1 unspecified atom stereocenters. The molecule has 0 spiro atoms. The maximum Gasteiger partial charge on any atom is 0.238 e. The number of piperazine rings is 1. The highest BCUT2D eigenvalue weighted by Crippen LogP contribution is 2.08. The van der Waals surface area contributed by atoms with E-state index in [1.165, 1.54) is 12.1 Å². The standard InChI is InChI=1S/C13H15F2N3O2/c14-9-3-8(4-10(15)5-9)1-2-16-13(20)11-6-18-12(19)7-17-11/h3-5,11,17H,1-2,6-7H2,(H,16,20)(H,18,19). The van der Waals surface area contributed by atoms with Gasteiger partial charge in [0, 0.05) is 19.2 Å². The number of carbonyl (C=O) groups is 2. The van der Waals surface area contributed by atoms with Crippen LogP contribution in [-0.2, 0) is 16.0 Å². The van der Waals surface area contributed by atoms with Gasteiger partial charge < -0.3 is 10.6 Å². The molecule has 0 radical (unpaired) electrons. The van der Waals surface area contributed by atoms with Crippen molar-refractivity contribution in [1.29, 1.82) is 0 Å². The second-order valence-electron chi connectivity index (χ2n) is 4.56. The lowest BCUT2D eigenvalue weighted by atomic mass is 10.1. The molecule has 0 aromatic heterocycles. The summed E-state index contributed by atoms with van der Waals surface area (Å²) in [5, 5.41) is 8.02. The van der Waals surface area contributed by atoms with Gasteiger partial charge in [-0.2, -0.15) is 0 Å². The van der Waals surface area contributed by atoms with E-state index in [2.05, 4.69) is 16.0 Å². The molecule has 7 heteroatoms.